The predicted molar refractivity (Wildman–Crippen MR) is 99.5 cm³/mol. The maximum absolute atomic E-state index is 9.91. The van der Waals surface area contributed by atoms with E-state index in [2.05, 4.69) is 10.1 Å². The fourth-order valence-corrected chi connectivity index (χ4v) is 2.76. The SMILES string of the molecule is COc1ccc(C=CC(Cl)=NOCC(O)CN2CCCC2)cc1OC. The average Bonchev–Trinajstić information content (AvgIpc) is 3.12. The van der Waals surface area contributed by atoms with Crippen molar-refractivity contribution in [2.24, 2.45) is 5.16 Å². The third-order valence-electron chi connectivity index (χ3n) is 3.91. The molecule has 0 bridgehead atoms. The molecule has 0 aromatic heterocycles. The summed E-state index contributed by atoms with van der Waals surface area (Å²) in [5.74, 6) is 1.30. The van der Waals surface area contributed by atoms with Crippen molar-refractivity contribution in [1.82, 2.24) is 4.90 Å². The van der Waals surface area contributed by atoms with E-state index in [1.54, 1.807) is 26.4 Å². The normalized spacial score (nSPS) is 17.0. The lowest BCUT2D eigenvalue weighted by Crippen LogP contribution is -2.32. The van der Waals surface area contributed by atoms with Crippen LogP contribution in [0.3, 0.4) is 0 Å². The van der Waals surface area contributed by atoms with E-state index < -0.39 is 6.10 Å². The molecule has 7 heteroatoms. The second-order valence-electron chi connectivity index (χ2n) is 5.82. The van der Waals surface area contributed by atoms with Gasteiger partial charge in [0.25, 0.3) is 0 Å². The summed E-state index contributed by atoms with van der Waals surface area (Å²) in [6, 6.07) is 5.53. The molecule has 2 rings (SSSR count). The first-order chi connectivity index (χ1) is 12.1. The second-order valence-corrected chi connectivity index (χ2v) is 6.21. The molecule has 1 aromatic rings. The molecular formula is C18H25ClN2O4. The van der Waals surface area contributed by atoms with E-state index in [-0.39, 0.29) is 11.8 Å². The summed E-state index contributed by atoms with van der Waals surface area (Å²) in [4.78, 5) is 7.34. The van der Waals surface area contributed by atoms with Gasteiger partial charge in [-0.05, 0) is 49.7 Å². The fourth-order valence-electron chi connectivity index (χ4n) is 2.65. The molecule has 1 saturated heterocycles. The molecule has 1 heterocycles. The van der Waals surface area contributed by atoms with Crippen molar-refractivity contribution in [1.29, 1.82) is 0 Å². The number of rotatable bonds is 9. The van der Waals surface area contributed by atoms with Gasteiger partial charge in [0.05, 0.1) is 14.2 Å². The molecule has 1 aliphatic rings. The van der Waals surface area contributed by atoms with Crippen molar-refractivity contribution in [2.45, 2.75) is 18.9 Å². The fraction of sp³-hybridized carbons (Fsp3) is 0.500. The minimum Gasteiger partial charge on any atom is -0.493 e. The van der Waals surface area contributed by atoms with E-state index in [4.69, 9.17) is 25.9 Å². The second kappa shape index (κ2) is 10.3. The van der Waals surface area contributed by atoms with Gasteiger partial charge in [-0.25, -0.2) is 0 Å². The van der Waals surface area contributed by atoms with Crippen molar-refractivity contribution in [3.63, 3.8) is 0 Å². The number of benzene rings is 1. The molecule has 1 fully saturated rings. The van der Waals surface area contributed by atoms with Crippen LogP contribution in [0.4, 0.5) is 0 Å². The number of β-amino-alcohol motifs (C(OH)–C–C–N with tert-alkyl or cyclic N) is 1. The quantitative estimate of drug-likeness (QED) is 0.536. The minimum absolute atomic E-state index is 0.122. The Morgan fingerprint density at radius 3 is 2.68 bits per heavy atom. The molecule has 25 heavy (non-hydrogen) atoms. The van der Waals surface area contributed by atoms with E-state index in [1.165, 1.54) is 12.8 Å². The first kappa shape index (κ1) is 19.6. The van der Waals surface area contributed by atoms with Crippen LogP contribution in [-0.2, 0) is 4.84 Å². The van der Waals surface area contributed by atoms with Crippen LogP contribution in [0.1, 0.15) is 18.4 Å². The lowest BCUT2D eigenvalue weighted by Gasteiger charge is -2.18. The molecule has 0 saturated carbocycles. The highest BCUT2D eigenvalue weighted by Gasteiger charge is 2.15. The van der Waals surface area contributed by atoms with Crippen LogP contribution in [0.25, 0.3) is 6.08 Å². The maximum Gasteiger partial charge on any atom is 0.168 e. The average molecular weight is 369 g/mol. The largest absolute Gasteiger partial charge is 0.493 e. The summed E-state index contributed by atoms with van der Waals surface area (Å²) >= 11 is 6.01. The summed E-state index contributed by atoms with van der Waals surface area (Å²) in [5.41, 5.74) is 0.889. The van der Waals surface area contributed by atoms with Crippen molar-refractivity contribution in [2.75, 3.05) is 40.5 Å². The Kier molecular flexibility index (Phi) is 8.04. The zero-order chi connectivity index (χ0) is 18.1. The number of hydrogen-bond donors (Lipinski definition) is 1. The summed E-state index contributed by atoms with van der Waals surface area (Å²) in [6.45, 7) is 2.80. The standard InChI is InChI=1S/C18H25ClN2O4/c1-23-16-7-5-14(11-17(16)24-2)6-8-18(19)20-25-13-15(22)12-21-9-3-4-10-21/h5-8,11,15,22H,3-4,9-10,12-13H2,1-2H3. The van der Waals surface area contributed by atoms with Crippen LogP contribution in [0.15, 0.2) is 29.4 Å². The van der Waals surface area contributed by atoms with Gasteiger partial charge in [-0.15, -0.1) is 0 Å². The van der Waals surface area contributed by atoms with E-state index in [0.29, 0.717) is 18.0 Å². The summed E-state index contributed by atoms with van der Waals surface area (Å²) in [5, 5.41) is 13.9. The number of aliphatic hydroxyl groups is 1. The third kappa shape index (κ3) is 6.57. The first-order valence-electron chi connectivity index (χ1n) is 8.28. The predicted octanol–water partition coefficient (Wildman–Crippen LogP) is 2.74. The minimum atomic E-state index is -0.568. The van der Waals surface area contributed by atoms with Gasteiger partial charge in [-0.2, -0.15) is 0 Å². The molecule has 138 valence electrons. The summed E-state index contributed by atoms with van der Waals surface area (Å²) in [7, 11) is 3.17. The Hall–Kier alpha value is -1.76. The molecule has 0 spiro atoms. The van der Waals surface area contributed by atoms with Gasteiger partial charge in [-0.1, -0.05) is 28.9 Å². The number of allylic oxidation sites excluding steroid dienone is 1. The number of likely N-dealkylation sites (tertiary alicyclic amines) is 1. The molecule has 1 atom stereocenters. The summed E-state index contributed by atoms with van der Waals surface area (Å²) in [6.07, 6.45) is 5.23. The number of nitrogens with zero attached hydrogens (tertiary/aromatic N) is 2. The molecule has 1 aromatic carbocycles. The van der Waals surface area contributed by atoms with Crippen LogP contribution >= 0.6 is 11.6 Å². The molecule has 1 N–H and O–H groups in total. The molecule has 0 aliphatic carbocycles. The molecular weight excluding hydrogens is 344 g/mol. The molecule has 1 aliphatic heterocycles. The lowest BCUT2D eigenvalue weighted by atomic mass is 10.2. The van der Waals surface area contributed by atoms with Gasteiger partial charge >= 0.3 is 0 Å². The van der Waals surface area contributed by atoms with Crippen molar-refractivity contribution in [3.05, 3.63) is 29.8 Å². The Balaban J connectivity index is 1.80. The summed E-state index contributed by atoms with van der Waals surface area (Å²) < 4.78 is 10.4. The van der Waals surface area contributed by atoms with Crippen LogP contribution < -0.4 is 9.47 Å². The van der Waals surface area contributed by atoms with E-state index in [0.717, 1.165) is 18.7 Å². The molecule has 6 nitrogen and oxygen atoms in total. The number of hydrogen-bond acceptors (Lipinski definition) is 6. The van der Waals surface area contributed by atoms with E-state index >= 15 is 0 Å². The highest BCUT2D eigenvalue weighted by molar-refractivity contribution is 6.68. The van der Waals surface area contributed by atoms with Gasteiger partial charge in [0.1, 0.15) is 12.7 Å². The topological polar surface area (TPSA) is 63.5 Å². The van der Waals surface area contributed by atoms with Gasteiger partial charge in [0.15, 0.2) is 16.7 Å². The molecule has 1 unspecified atom stereocenters. The zero-order valence-corrected chi connectivity index (χ0v) is 15.4. The molecule has 0 amide bonds. The Bertz CT molecular complexity index is 601. The maximum atomic E-state index is 9.91. The van der Waals surface area contributed by atoms with Crippen molar-refractivity contribution in [3.8, 4) is 11.5 Å². The van der Waals surface area contributed by atoms with Crippen LogP contribution in [0, 0.1) is 0 Å². The molecule has 0 radical (unpaired) electrons. The smallest absolute Gasteiger partial charge is 0.168 e. The van der Waals surface area contributed by atoms with Gasteiger partial charge in [0, 0.05) is 6.54 Å². The van der Waals surface area contributed by atoms with E-state index in [1.807, 2.05) is 18.2 Å². The van der Waals surface area contributed by atoms with Gasteiger partial charge in [0.2, 0.25) is 0 Å². The number of halogens is 1. The van der Waals surface area contributed by atoms with Crippen LogP contribution in [0.5, 0.6) is 11.5 Å². The first-order valence-corrected chi connectivity index (χ1v) is 8.66. The van der Waals surface area contributed by atoms with Crippen molar-refractivity contribution >= 4 is 22.8 Å². The highest BCUT2D eigenvalue weighted by Crippen LogP contribution is 2.28. The Morgan fingerprint density at radius 2 is 2.00 bits per heavy atom. The van der Waals surface area contributed by atoms with E-state index in [9.17, 15) is 5.11 Å². The number of aliphatic hydroxyl groups excluding tert-OH is 1. The van der Waals surface area contributed by atoms with Gasteiger partial charge in [-0.3, -0.25) is 0 Å². The highest BCUT2D eigenvalue weighted by atomic mass is 35.5. The van der Waals surface area contributed by atoms with Crippen LogP contribution in [0.2, 0.25) is 0 Å². The number of oxime groups is 1. The Labute approximate surface area is 153 Å². The Morgan fingerprint density at radius 1 is 1.28 bits per heavy atom. The monoisotopic (exact) mass is 368 g/mol. The lowest BCUT2D eigenvalue weighted by molar-refractivity contribution is 0.0234. The van der Waals surface area contributed by atoms with Crippen LogP contribution in [-0.4, -0.2) is 61.7 Å². The zero-order valence-electron chi connectivity index (χ0n) is 14.7. The number of methoxy groups -OCH3 is 2. The van der Waals surface area contributed by atoms with Gasteiger partial charge < -0.3 is 24.3 Å². The van der Waals surface area contributed by atoms with Crippen molar-refractivity contribution < 1.29 is 19.4 Å². The number of ether oxygens (including phenoxy) is 2. The third-order valence-corrected chi connectivity index (χ3v) is 4.10.